The summed E-state index contributed by atoms with van der Waals surface area (Å²) in [5.41, 5.74) is 0. The molecule has 0 aliphatic rings. The van der Waals surface area contributed by atoms with Crippen molar-refractivity contribution in [1.82, 2.24) is 0 Å². The third-order valence-electron chi connectivity index (χ3n) is 0.933. The summed E-state index contributed by atoms with van der Waals surface area (Å²) in [5.74, 6) is 0. The van der Waals surface area contributed by atoms with E-state index in [2.05, 4.69) is 6.55 Å². The highest BCUT2D eigenvalue weighted by Crippen LogP contribution is 2.00. The molecule has 0 saturated heterocycles. The Morgan fingerprint density at radius 2 is 1.25 bits per heavy atom. The van der Waals surface area contributed by atoms with Gasteiger partial charge in [-0.25, -0.2) is 0 Å². The summed E-state index contributed by atoms with van der Waals surface area (Å²) in [5, 5.41) is 0. The minimum atomic E-state index is -2.42. The zero-order valence-corrected chi connectivity index (χ0v) is 6.43. The van der Waals surface area contributed by atoms with Gasteiger partial charge in [-0.05, 0) is 0 Å². The lowest BCUT2D eigenvalue weighted by molar-refractivity contribution is 0.137. The first-order valence-electron chi connectivity index (χ1n) is 2.19. The topological polar surface area (TPSA) is 27.7 Å². The van der Waals surface area contributed by atoms with E-state index >= 15 is 0 Å². The van der Waals surface area contributed by atoms with Crippen molar-refractivity contribution in [3.63, 3.8) is 0 Å². The van der Waals surface area contributed by atoms with Crippen molar-refractivity contribution in [2.24, 2.45) is 0 Å². The minimum absolute atomic E-state index is 1.52. The SMILES string of the molecule is [CH2][Si](OC)(OC)OC. The summed E-state index contributed by atoms with van der Waals surface area (Å²) in [6.07, 6.45) is 0. The molecule has 0 amide bonds. The molecule has 0 unspecified atom stereocenters. The predicted molar refractivity (Wildman–Crippen MR) is 32.1 cm³/mol. The van der Waals surface area contributed by atoms with Gasteiger partial charge in [-0.15, -0.1) is 0 Å². The number of hydrogen-bond acceptors (Lipinski definition) is 3. The van der Waals surface area contributed by atoms with Crippen molar-refractivity contribution in [3.05, 3.63) is 6.55 Å². The Bertz CT molecular complexity index is 54.0. The van der Waals surface area contributed by atoms with Gasteiger partial charge in [0.05, 0.1) is 0 Å². The van der Waals surface area contributed by atoms with E-state index in [-0.39, 0.29) is 0 Å². The molecule has 8 heavy (non-hydrogen) atoms. The van der Waals surface area contributed by atoms with Crippen LogP contribution in [0.1, 0.15) is 0 Å². The molecular formula is C4H11O3Si. The molecule has 3 nitrogen and oxygen atoms in total. The summed E-state index contributed by atoms with van der Waals surface area (Å²) >= 11 is 0. The van der Waals surface area contributed by atoms with Gasteiger partial charge in [-0.1, -0.05) is 0 Å². The Kier molecular flexibility index (Phi) is 3.23. The zero-order valence-electron chi connectivity index (χ0n) is 5.43. The molecule has 0 N–H and O–H groups in total. The molecule has 0 rings (SSSR count). The fourth-order valence-electron chi connectivity index (χ4n) is 0.250. The van der Waals surface area contributed by atoms with Crippen LogP contribution in [0.5, 0.6) is 0 Å². The van der Waals surface area contributed by atoms with Gasteiger partial charge in [-0.3, -0.25) is 0 Å². The van der Waals surface area contributed by atoms with Crippen LogP contribution < -0.4 is 0 Å². The van der Waals surface area contributed by atoms with Crippen LogP contribution in [-0.2, 0) is 13.3 Å². The summed E-state index contributed by atoms with van der Waals surface area (Å²) in [6.45, 7) is 3.60. The van der Waals surface area contributed by atoms with Crippen LogP contribution in [0.25, 0.3) is 0 Å². The van der Waals surface area contributed by atoms with Crippen LogP contribution in [0.4, 0.5) is 0 Å². The molecule has 0 saturated carbocycles. The van der Waals surface area contributed by atoms with E-state index in [1.165, 1.54) is 21.3 Å². The van der Waals surface area contributed by atoms with E-state index in [1.54, 1.807) is 0 Å². The molecule has 0 aromatic carbocycles. The Labute approximate surface area is 50.9 Å². The van der Waals surface area contributed by atoms with E-state index < -0.39 is 8.80 Å². The quantitative estimate of drug-likeness (QED) is 0.519. The van der Waals surface area contributed by atoms with Crippen LogP contribution in [0.3, 0.4) is 0 Å². The average Bonchev–Trinajstić information content (AvgIpc) is 1.87. The fourth-order valence-corrected chi connectivity index (χ4v) is 0.750. The van der Waals surface area contributed by atoms with Crippen molar-refractivity contribution in [2.45, 2.75) is 0 Å². The second kappa shape index (κ2) is 3.19. The molecule has 4 heteroatoms. The molecule has 1 radical (unpaired) electrons. The van der Waals surface area contributed by atoms with Crippen molar-refractivity contribution >= 4 is 8.80 Å². The number of hydrogen-bond donors (Lipinski definition) is 0. The second-order valence-electron chi connectivity index (χ2n) is 1.30. The van der Waals surface area contributed by atoms with Gasteiger partial charge in [0.2, 0.25) is 0 Å². The second-order valence-corrected chi connectivity index (χ2v) is 3.89. The third-order valence-corrected chi connectivity index (χ3v) is 2.80. The molecule has 0 spiro atoms. The number of rotatable bonds is 3. The van der Waals surface area contributed by atoms with Crippen LogP contribution >= 0.6 is 0 Å². The molecule has 0 aromatic rings. The van der Waals surface area contributed by atoms with Gasteiger partial charge in [0.15, 0.2) is 0 Å². The lowest BCUT2D eigenvalue weighted by Gasteiger charge is -2.18. The largest absolute Gasteiger partial charge is 0.500 e. The normalized spacial score (nSPS) is 12.0. The lowest BCUT2D eigenvalue weighted by atomic mass is 11.8. The first kappa shape index (κ1) is 8.10. The van der Waals surface area contributed by atoms with Gasteiger partial charge in [0, 0.05) is 27.9 Å². The molecule has 0 bridgehead atoms. The molecule has 49 valence electrons. The summed E-state index contributed by atoms with van der Waals surface area (Å²) in [6, 6.07) is 0. The van der Waals surface area contributed by atoms with E-state index in [0.29, 0.717) is 0 Å². The zero-order chi connectivity index (χ0) is 6.62. The standard InChI is InChI=1S/C4H11O3Si/c1-5-8(4,6-2)7-3/h4H2,1-3H3. The van der Waals surface area contributed by atoms with Crippen molar-refractivity contribution in [3.8, 4) is 0 Å². The van der Waals surface area contributed by atoms with E-state index in [9.17, 15) is 0 Å². The lowest BCUT2D eigenvalue weighted by Crippen LogP contribution is -2.39. The smallest absolute Gasteiger partial charge is 0.377 e. The van der Waals surface area contributed by atoms with Gasteiger partial charge in [-0.2, -0.15) is 0 Å². The Morgan fingerprint density at radius 1 is 1.00 bits per heavy atom. The van der Waals surface area contributed by atoms with Crippen molar-refractivity contribution < 1.29 is 13.3 Å². The highest BCUT2D eigenvalue weighted by molar-refractivity contribution is 6.62. The molecule has 0 atom stereocenters. The molecule has 0 heterocycles. The summed E-state index contributed by atoms with van der Waals surface area (Å²) in [7, 11) is 2.14. The third kappa shape index (κ3) is 1.91. The van der Waals surface area contributed by atoms with Crippen LogP contribution in [0.15, 0.2) is 0 Å². The van der Waals surface area contributed by atoms with Crippen LogP contribution in [-0.4, -0.2) is 30.1 Å². The first-order chi connectivity index (χ1) is 3.68. The Morgan fingerprint density at radius 3 is 1.25 bits per heavy atom. The maximum Gasteiger partial charge on any atom is 0.500 e. The Balaban J connectivity index is 3.58. The van der Waals surface area contributed by atoms with Gasteiger partial charge < -0.3 is 13.3 Å². The van der Waals surface area contributed by atoms with Gasteiger partial charge in [0.1, 0.15) is 0 Å². The van der Waals surface area contributed by atoms with Crippen LogP contribution in [0, 0.1) is 6.55 Å². The van der Waals surface area contributed by atoms with Crippen molar-refractivity contribution in [1.29, 1.82) is 0 Å². The van der Waals surface area contributed by atoms with Crippen molar-refractivity contribution in [2.75, 3.05) is 21.3 Å². The van der Waals surface area contributed by atoms with Gasteiger partial charge in [0.25, 0.3) is 0 Å². The molecule has 0 aliphatic carbocycles. The van der Waals surface area contributed by atoms with E-state index in [1.807, 2.05) is 0 Å². The van der Waals surface area contributed by atoms with Crippen LogP contribution in [0.2, 0.25) is 0 Å². The van der Waals surface area contributed by atoms with Gasteiger partial charge >= 0.3 is 8.80 Å². The Hall–Kier alpha value is 0.0969. The van der Waals surface area contributed by atoms with E-state index in [4.69, 9.17) is 13.3 Å². The highest BCUT2D eigenvalue weighted by Gasteiger charge is 2.29. The maximum absolute atomic E-state index is 4.82. The summed E-state index contributed by atoms with van der Waals surface area (Å²) in [4.78, 5) is 0. The fraction of sp³-hybridized carbons (Fsp3) is 0.750. The average molecular weight is 135 g/mol. The predicted octanol–water partition coefficient (Wildman–Crippen LogP) is 0.238. The maximum atomic E-state index is 4.82. The highest BCUT2D eigenvalue weighted by atomic mass is 28.4. The molecule has 0 aliphatic heterocycles. The summed E-state index contributed by atoms with van der Waals surface area (Å²) < 4.78 is 14.5. The monoisotopic (exact) mass is 135 g/mol. The first-order valence-corrected chi connectivity index (χ1v) is 4.12. The molecular weight excluding hydrogens is 124 g/mol. The minimum Gasteiger partial charge on any atom is -0.377 e. The molecule has 0 aromatic heterocycles. The molecule has 0 fully saturated rings. The van der Waals surface area contributed by atoms with E-state index in [0.717, 1.165) is 0 Å².